The summed E-state index contributed by atoms with van der Waals surface area (Å²) >= 11 is 1.60. The topological polar surface area (TPSA) is 87.5 Å². The van der Waals surface area contributed by atoms with Crippen molar-refractivity contribution in [1.29, 1.82) is 0 Å². The van der Waals surface area contributed by atoms with Crippen molar-refractivity contribution in [3.8, 4) is 10.9 Å². The van der Waals surface area contributed by atoms with Gasteiger partial charge in [-0.15, -0.1) is 10.2 Å². The smallest absolute Gasteiger partial charge is 0.223 e. The summed E-state index contributed by atoms with van der Waals surface area (Å²) in [7, 11) is 2.24. The summed E-state index contributed by atoms with van der Waals surface area (Å²) in [5.41, 5.74) is 2.15. The molecule has 10 heteroatoms. The van der Waals surface area contributed by atoms with E-state index in [1.807, 2.05) is 43.5 Å². The van der Waals surface area contributed by atoms with Gasteiger partial charge in [-0.3, -0.25) is 9.36 Å². The summed E-state index contributed by atoms with van der Waals surface area (Å²) in [6.45, 7) is 6.80. The molecule has 0 radical (unpaired) electrons. The van der Waals surface area contributed by atoms with Crippen LogP contribution in [-0.2, 0) is 11.3 Å². The number of aromatic nitrogens is 3. The van der Waals surface area contributed by atoms with Crippen molar-refractivity contribution in [2.75, 3.05) is 50.1 Å². The molecule has 2 aliphatic rings. The Hall–Kier alpha value is -3.11. The van der Waals surface area contributed by atoms with Gasteiger partial charge in [0.2, 0.25) is 16.2 Å². The normalized spacial score (nSPS) is 16.7. The average molecular weight is 580 g/mol. The summed E-state index contributed by atoms with van der Waals surface area (Å²) in [4.78, 5) is 17.6. The van der Waals surface area contributed by atoms with E-state index >= 15 is 0 Å². The van der Waals surface area contributed by atoms with Crippen molar-refractivity contribution < 1.29 is 9.53 Å². The monoisotopic (exact) mass is 579 g/mol. The van der Waals surface area contributed by atoms with Gasteiger partial charge in [0, 0.05) is 49.2 Å². The number of rotatable bonds is 13. The lowest BCUT2D eigenvalue weighted by Crippen LogP contribution is -2.41. The van der Waals surface area contributed by atoms with E-state index in [1.165, 1.54) is 32.1 Å². The molecule has 2 fully saturated rings. The van der Waals surface area contributed by atoms with Crippen LogP contribution < -0.4 is 20.3 Å². The summed E-state index contributed by atoms with van der Waals surface area (Å²) in [6, 6.07) is 12.9. The maximum Gasteiger partial charge on any atom is 0.223 e. The van der Waals surface area contributed by atoms with Crippen LogP contribution in [0, 0.1) is 5.92 Å². The van der Waals surface area contributed by atoms with E-state index in [1.54, 1.807) is 11.3 Å². The molecule has 222 valence electrons. The highest BCUT2D eigenvalue weighted by Gasteiger charge is 2.27. The van der Waals surface area contributed by atoms with Crippen LogP contribution in [0.2, 0.25) is 0 Å². The molecule has 1 aromatic carbocycles. The predicted molar refractivity (Wildman–Crippen MR) is 166 cm³/mol. The van der Waals surface area contributed by atoms with E-state index in [4.69, 9.17) is 4.74 Å². The maximum absolute atomic E-state index is 12.8. The Morgan fingerprint density at radius 3 is 2.56 bits per heavy atom. The van der Waals surface area contributed by atoms with Crippen LogP contribution in [0.25, 0.3) is 5.13 Å². The van der Waals surface area contributed by atoms with Gasteiger partial charge in [0.1, 0.15) is 5.75 Å². The van der Waals surface area contributed by atoms with Gasteiger partial charge in [-0.2, -0.15) is 0 Å². The molecule has 3 aromatic rings. The number of hydrogen-bond donors (Lipinski definition) is 2. The molecular formula is C31H45N7O2S. The first-order chi connectivity index (χ1) is 20.1. The molecule has 3 heterocycles. The van der Waals surface area contributed by atoms with Crippen LogP contribution in [0.15, 0.2) is 42.6 Å². The van der Waals surface area contributed by atoms with E-state index in [2.05, 4.69) is 48.3 Å². The summed E-state index contributed by atoms with van der Waals surface area (Å²) in [6.07, 6.45) is 11.5. The lowest BCUT2D eigenvalue weighted by Gasteiger charge is -2.31. The third kappa shape index (κ3) is 8.01. The van der Waals surface area contributed by atoms with Gasteiger partial charge < -0.3 is 25.2 Å². The predicted octanol–water partition coefficient (Wildman–Crippen LogP) is 5.33. The fourth-order valence-electron chi connectivity index (χ4n) is 5.93. The van der Waals surface area contributed by atoms with Crippen molar-refractivity contribution in [2.24, 2.45) is 5.92 Å². The van der Waals surface area contributed by atoms with Gasteiger partial charge in [-0.25, -0.2) is 0 Å². The third-order valence-corrected chi connectivity index (χ3v) is 9.39. The standard InChI is InChI=1S/C31H45N7O2S/c1-3-40-28-14-12-25(13-15-28)33-23-27-11-7-20-38(27)31-35-34-30(41-31)37-21-16-24(17-22-37)29(39)32-18-8-19-36(2)26-9-5-4-6-10-26/h7,11-15,20,24,26,33H,3-6,8-10,16-19,21-23H2,1-2H3,(H,32,39). The molecule has 1 aliphatic heterocycles. The van der Waals surface area contributed by atoms with Crippen molar-refractivity contribution >= 4 is 28.1 Å². The number of anilines is 2. The first-order valence-corrected chi connectivity index (χ1v) is 16.1. The molecule has 41 heavy (non-hydrogen) atoms. The fourth-order valence-corrected chi connectivity index (χ4v) is 6.84. The molecule has 5 rings (SSSR count). The van der Waals surface area contributed by atoms with Gasteiger partial charge in [0.05, 0.1) is 13.2 Å². The number of nitrogens with one attached hydrogen (secondary N) is 2. The van der Waals surface area contributed by atoms with Crippen molar-refractivity contribution in [3.05, 3.63) is 48.3 Å². The zero-order valence-corrected chi connectivity index (χ0v) is 25.4. The molecule has 0 atom stereocenters. The largest absolute Gasteiger partial charge is 0.494 e. The lowest BCUT2D eigenvalue weighted by atomic mass is 9.94. The van der Waals surface area contributed by atoms with Crippen molar-refractivity contribution in [1.82, 2.24) is 25.0 Å². The van der Waals surface area contributed by atoms with E-state index in [0.29, 0.717) is 13.2 Å². The van der Waals surface area contributed by atoms with E-state index in [-0.39, 0.29) is 11.8 Å². The summed E-state index contributed by atoms with van der Waals surface area (Å²) in [5, 5.41) is 17.5. The highest BCUT2D eigenvalue weighted by molar-refractivity contribution is 7.17. The Bertz CT molecular complexity index is 1210. The Morgan fingerprint density at radius 1 is 1.05 bits per heavy atom. The van der Waals surface area contributed by atoms with Crippen LogP contribution in [0.1, 0.15) is 64.0 Å². The SMILES string of the molecule is CCOc1ccc(NCc2cccn2-c2nnc(N3CCC(C(=O)NCCCN(C)C4CCCCC4)CC3)s2)cc1. The van der Waals surface area contributed by atoms with Gasteiger partial charge in [0.25, 0.3) is 0 Å². The molecule has 2 N–H and O–H groups in total. The number of benzene rings is 1. The average Bonchev–Trinajstić information content (AvgIpc) is 3.69. The third-order valence-electron chi connectivity index (χ3n) is 8.40. The van der Waals surface area contributed by atoms with Crippen LogP contribution in [-0.4, -0.2) is 71.4 Å². The molecule has 0 bridgehead atoms. The zero-order chi connectivity index (χ0) is 28.4. The molecule has 1 saturated heterocycles. The first kappa shape index (κ1) is 29.4. The number of carbonyl (C=O) groups is 1. The Labute approximate surface area is 248 Å². The molecule has 0 spiro atoms. The minimum absolute atomic E-state index is 0.0828. The molecule has 1 saturated carbocycles. The van der Waals surface area contributed by atoms with Crippen LogP contribution in [0.4, 0.5) is 10.8 Å². The molecule has 1 amide bonds. The van der Waals surface area contributed by atoms with Gasteiger partial charge in [0.15, 0.2) is 0 Å². The first-order valence-electron chi connectivity index (χ1n) is 15.3. The van der Waals surface area contributed by atoms with Crippen molar-refractivity contribution in [2.45, 2.75) is 70.9 Å². The second-order valence-electron chi connectivity index (χ2n) is 11.2. The molecular weight excluding hydrogens is 534 g/mol. The van der Waals surface area contributed by atoms with E-state index in [0.717, 1.165) is 78.9 Å². The summed E-state index contributed by atoms with van der Waals surface area (Å²) in [5.74, 6) is 1.17. The minimum Gasteiger partial charge on any atom is -0.494 e. The molecule has 2 aromatic heterocycles. The number of hydrogen-bond acceptors (Lipinski definition) is 8. The Morgan fingerprint density at radius 2 is 1.80 bits per heavy atom. The van der Waals surface area contributed by atoms with Gasteiger partial charge in [-0.1, -0.05) is 30.6 Å². The highest BCUT2D eigenvalue weighted by Crippen LogP contribution is 2.29. The van der Waals surface area contributed by atoms with Crippen LogP contribution >= 0.6 is 11.3 Å². The Balaban J connectivity index is 1.05. The van der Waals surface area contributed by atoms with Crippen LogP contribution in [0.3, 0.4) is 0 Å². The fraction of sp³-hybridized carbons (Fsp3) is 0.581. The maximum atomic E-state index is 12.8. The van der Waals surface area contributed by atoms with E-state index < -0.39 is 0 Å². The number of nitrogens with zero attached hydrogens (tertiary/aromatic N) is 5. The second-order valence-corrected chi connectivity index (χ2v) is 12.2. The molecule has 1 aliphatic carbocycles. The number of piperidine rings is 1. The number of amides is 1. The second kappa shape index (κ2) is 14.7. The van der Waals surface area contributed by atoms with E-state index in [9.17, 15) is 4.79 Å². The number of carbonyl (C=O) groups excluding carboxylic acids is 1. The van der Waals surface area contributed by atoms with Gasteiger partial charge >= 0.3 is 0 Å². The van der Waals surface area contributed by atoms with Gasteiger partial charge in [-0.05, 0) is 89.0 Å². The highest BCUT2D eigenvalue weighted by atomic mass is 32.1. The summed E-state index contributed by atoms with van der Waals surface area (Å²) < 4.78 is 7.62. The lowest BCUT2D eigenvalue weighted by molar-refractivity contribution is -0.125. The quantitative estimate of drug-likeness (QED) is 0.265. The molecule has 0 unspecified atom stereocenters. The molecule has 9 nitrogen and oxygen atoms in total. The minimum atomic E-state index is 0.0828. The number of ether oxygens (including phenoxy) is 1. The van der Waals surface area contributed by atoms with Crippen molar-refractivity contribution in [3.63, 3.8) is 0 Å². The Kier molecular flexibility index (Phi) is 10.5. The van der Waals surface area contributed by atoms with Crippen LogP contribution in [0.5, 0.6) is 5.75 Å². The zero-order valence-electron chi connectivity index (χ0n) is 24.6.